The highest BCUT2D eigenvalue weighted by Crippen LogP contribution is 2.28. The minimum atomic E-state index is -2.84. The number of nitrogens with zero attached hydrogens (tertiary/aromatic N) is 2. The maximum Gasteiger partial charge on any atom is 0.177 e. The van der Waals surface area contributed by atoms with Crippen LogP contribution in [0.15, 0.2) is 6.07 Å². The second kappa shape index (κ2) is 4.25. The zero-order valence-corrected chi connectivity index (χ0v) is 10.8. The Hall–Kier alpha value is -1.17. The third-order valence-electron chi connectivity index (χ3n) is 3.23. The average Bonchev–Trinajstić information content (AvgIpc) is 2.60. The fourth-order valence-electron chi connectivity index (χ4n) is 2.20. The SMILES string of the molecule is CC(=O)c1cc(C2CCS(=O)(=O)CC2)nn1C. The molecule has 17 heavy (non-hydrogen) atoms. The smallest absolute Gasteiger partial charge is 0.177 e. The number of aryl methyl sites for hydroxylation is 1. The van der Waals surface area contributed by atoms with E-state index in [0.717, 1.165) is 5.69 Å². The fraction of sp³-hybridized carbons (Fsp3) is 0.636. The lowest BCUT2D eigenvalue weighted by Crippen LogP contribution is -2.22. The van der Waals surface area contributed by atoms with Crippen molar-refractivity contribution in [1.82, 2.24) is 9.78 Å². The molecule has 0 N–H and O–H groups in total. The molecule has 0 bridgehead atoms. The topological polar surface area (TPSA) is 69.0 Å². The standard InChI is InChI=1S/C11H16N2O3S/c1-8(14)11-7-10(12-13(11)2)9-3-5-17(15,16)6-4-9/h7,9H,3-6H2,1-2H3. The van der Waals surface area contributed by atoms with E-state index in [9.17, 15) is 13.2 Å². The molecule has 0 aromatic carbocycles. The van der Waals surface area contributed by atoms with Gasteiger partial charge < -0.3 is 0 Å². The van der Waals surface area contributed by atoms with Crippen molar-refractivity contribution in [1.29, 1.82) is 0 Å². The minimum Gasteiger partial charge on any atom is -0.293 e. The number of hydrogen-bond donors (Lipinski definition) is 0. The lowest BCUT2D eigenvalue weighted by atomic mass is 9.98. The van der Waals surface area contributed by atoms with E-state index < -0.39 is 9.84 Å². The molecule has 1 fully saturated rings. The Morgan fingerprint density at radius 2 is 2.00 bits per heavy atom. The van der Waals surface area contributed by atoms with Crippen LogP contribution in [0.25, 0.3) is 0 Å². The minimum absolute atomic E-state index is 0.0188. The third-order valence-corrected chi connectivity index (χ3v) is 4.95. The van der Waals surface area contributed by atoms with Gasteiger partial charge in [-0.2, -0.15) is 5.10 Å². The number of carbonyl (C=O) groups excluding carboxylic acids is 1. The van der Waals surface area contributed by atoms with Gasteiger partial charge in [0.1, 0.15) is 15.5 Å². The van der Waals surface area contributed by atoms with E-state index in [1.165, 1.54) is 6.92 Å². The van der Waals surface area contributed by atoms with Gasteiger partial charge in [0.25, 0.3) is 0 Å². The molecule has 94 valence electrons. The first-order chi connectivity index (χ1) is 7.89. The zero-order valence-electron chi connectivity index (χ0n) is 10.0. The van der Waals surface area contributed by atoms with Crippen LogP contribution in [0.1, 0.15) is 41.9 Å². The molecule has 6 heteroatoms. The summed E-state index contributed by atoms with van der Waals surface area (Å²) in [4.78, 5) is 11.3. The van der Waals surface area contributed by atoms with Gasteiger partial charge in [-0.05, 0) is 18.9 Å². The van der Waals surface area contributed by atoms with Gasteiger partial charge in [0.05, 0.1) is 17.2 Å². The summed E-state index contributed by atoms with van der Waals surface area (Å²) in [7, 11) is -1.11. The predicted octanol–water partition coefficient (Wildman–Crippen LogP) is 0.915. The molecule has 1 aromatic heterocycles. The summed E-state index contributed by atoms with van der Waals surface area (Å²) in [5.41, 5.74) is 1.42. The summed E-state index contributed by atoms with van der Waals surface area (Å²) in [6, 6.07) is 1.78. The van der Waals surface area contributed by atoms with Crippen molar-refractivity contribution in [3.63, 3.8) is 0 Å². The van der Waals surface area contributed by atoms with Crippen LogP contribution in [0.2, 0.25) is 0 Å². The van der Waals surface area contributed by atoms with Gasteiger partial charge in [-0.3, -0.25) is 9.48 Å². The van der Waals surface area contributed by atoms with Crippen LogP contribution in [0.4, 0.5) is 0 Å². The van der Waals surface area contributed by atoms with Crippen molar-refractivity contribution >= 4 is 15.6 Å². The number of Topliss-reactive ketones (excluding diaryl/α,β-unsaturated/α-hetero) is 1. The highest BCUT2D eigenvalue weighted by molar-refractivity contribution is 7.91. The van der Waals surface area contributed by atoms with Gasteiger partial charge in [-0.1, -0.05) is 0 Å². The molecular weight excluding hydrogens is 240 g/mol. The van der Waals surface area contributed by atoms with Crippen molar-refractivity contribution in [2.24, 2.45) is 7.05 Å². The number of hydrogen-bond acceptors (Lipinski definition) is 4. The molecule has 0 spiro atoms. The molecule has 1 aliphatic heterocycles. The first-order valence-electron chi connectivity index (χ1n) is 5.64. The summed E-state index contributed by atoms with van der Waals surface area (Å²) >= 11 is 0. The van der Waals surface area contributed by atoms with E-state index in [-0.39, 0.29) is 23.2 Å². The van der Waals surface area contributed by atoms with Crippen LogP contribution in [-0.4, -0.2) is 35.5 Å². The van der Waals surface area contributed by atoms with Crippen LogP contribution in [0.5, 0.6) is 0 Å². The van der Waals surface area contributed by atoms with Crippen LogP contribution in [-0.2, 0) is 16.9 Å². The van der Waals surface area contributed by atoms with Gasteiger partial charge in [0.15, 0.2) is 5.78 Å². The molecule has 0 saturated carbocycles. The van der Waals surface area contributed by atoms with E-state index in [4.69, 9.17) is 0 Å². The monoisotopic (exact) mass is 256 g/mol. The largest absolute Gasteiger partial charge is 0.293 e. The molecule has 0 atom stereocenters. The highest BCUT2D eigenvalue weighted by Gasteiger charge is 2.27. The molecule has 0 aliphatic carbocycles. The molecule has 0 unspecified atom stereocenters. The molecule has 5 nitrogen and oxygen atoms in total. The Morgan fingerprint density at radius 3 is 2.47 bits per heavy atom. The summed E-state index contributed by atoms with van der Waals surface area (Å²) in [5.74, 6) is 0.598. The van der Waals surface area contributed by atoms with Crippen molar-refractivity contribution in [2.75, 3.05) is 11.5 Å². The van der Waals surface area contributed by atoms with E-state index >= 15 is 0 Å². The molecule has 0 radical (unpaired) electrons. The highest BCUT2D eigenvalue weighted by atomic mass is 32.2. The van der Waals surface area contributed by atoms with Gasteiger partial charge in [0, 0.05) is 19.9 Å². The van der Waals surface area contributed by atoms with Crippen molar-refractivity contribution in [2.45, 2.75) is 25.7 Å². The lowest BCUT2D eigenvalue weighted by molar-refractivity contribution is 0.100. The number of rotatable bonds is 2. The molecule has 2 rings (SSSR count). The van der Waals surface area contributed by atoms with Gasteiger partial charge in [-0.25, -0.2) is 8.42 Å². The molecular formula is C11H16N2O3S. The van der Waals surface area contributed by atoms with Crippen LogP contribution in [0, 0.1) is 0 Å². The quantitative estimate of drug-likeness (QED) is 0.738. The Balaban J connectivity index is 2.19. The number of ketones is 1. The predicted molar refractivity (Wildman–Crippen MR) is 63.8 cm³/mol. The molecule has 1 saturated heterocycles. The van der Waals surface area contributed by atoms with Crippen LogP contribution >= 0.6 is 0 Å². The second-order valence-electron chi connectivity index (χ2n) is 4.56. The summed E-state index contributed by atoms with van der Waals surface area (Å²) < 4.78 is 24.2. The van der Waals surface area contributed by atoms with Gasteiger partial charge in [-0.15, -0.1) is 0 Å². The third kappa shape index (κ3) is 2.57. The van der Waals surface area contributed by atoms with Crippen molar-refractivity contribution in [3.8, 4) is 0 Å². The van der Waals surface area contributed by atoms with E-state index in [1.54, 1.807) is 17.8 Å². The average molecular weight is 256 g/mol. The zero-order chi connectivity index (χ0) is 12.6. The van der Waals surface area contributed by atoms with Crippen LogP contribution in [0.3, 0.4) is 0 Å². The van der Waals surface area contributed by atoms with E-state index in [2.05, 4.69) is 5.10 Å². The number of aromatic nitrogens is 2. The fourth-order valence-corrected chi connectivity index (χ4v) is 3.70. The molecule has 0 amide bonds. The number of carbonyl (C=O) groups is 1. The maximum absolute atomic E-state index is 11.3. The second-order valence-corrected chi connectivity index (χ2v) is 6.86. The molecule has 1 aliphatic rings. The molecule has 1 aromatic rings. The molecule has 2 heterocycles. The first kappa shape index (κ1) is 12.3. The Bertz CT molecular complexity index is 531. The Kier molecular flexibility index (Phi) is 3.07. The summed E-state index contributed by atoms with van der Waals surface area (Å²) in [5, 5.41) is 4.30. The van der Waals surface area contributed by atoms with Gasteiger partial charge >= 0.3 is 0 Å². The summed E-state index contributed by atoms with van der Waals surface area (Å²) in [6.45, 7) is 1.51. The summed E-state index contributed by atoms with van der Waals surface area (Å²) in [6.07, 6.45) is 1.22. The Morgan fingerprint density at radius 1 is 1.41 bits per heavy atom. The van der Waals surface area contributed by atoms with E-state index in [1.807, 2.05) is 0 Å². The van der Waals surface area contributed by atoms with Crippen LogP contribution < -0.4 is 0 Å². The van der Waals surface area contributed by atoms with Crippen molar-refractivity contribution in [3.05, 3.63) is 17.5 Å². The normalized spacial score (nSPS) is 20.4. The van der Waals surface area contributed by atoms with E-state index in [0.29, 0.717) is 18.5 Å². The van der Waals surface area contributed by atoms with Crippen molar-refractivity contribution < 1.29 is 13.2 Å². The first-order valence-corrected chi connectivity index (χ1v) is 7.46. The Labute approximate surface area is 101 Å². The maximum atomic E-state index is 11.3. The number of sulfone groups is 1. The lowest BCUT2D eigenvalue weighted by Gasteiger charge is -2.19. The van der Waals surface area contributed by atoms with Gasteiger partial charge in [0.2, 0.25) is 0 Å².